The Morgan fingerprint density at radius 2 is 1.92 bits per heavy atom. The van der Waals surface area contributed by atoms with E-state index >= 15 is 0 Å². The van der Waals surface area contributed by atoms with Crippen molar-refractivity contribution in [2.24, 2.45) is 5.73 Å². The highest BCUT2D eigenvalue weighted by molar-refractivity contribution is 5.85. The summed E-state index contributed by atoms with van der Waals surface area (Å²) in [6, 6.07) is 0.606. The third-order valence-corrected chi connectivity index (χ3v) is 3.94. The van der Waals surface area contributed by atoms with Gasteiger partial charge in [0.15, 0.2) is 0 Å². The fourth-order valence-corrected chi connectivity index (χ4v) is 3.04. The summed E-state index contributed by atoms with van der Waals surface area (Å²) in [4.78, 5) is 13.7. The molecule has 0 aromatic rings. The van der Waals surface area contributed by atoms with E-state index in [1.165, 1.54) is 12.8 Å². The number of hydrogen-bond acceptors (Lipinski definition) is 2. The molecule has 2 rings (SSSR count). The molecule has 2 fully saturated rings. The Labute approximate surface area is 79.3 Å². The number of carbonyl (C=O) groups excluding carboxylic acids is 1. The van der Waals surface area contributed by atoms with Gasteiger partial charge in [0.25, 0.3) is 0 Å². The maximum Gasteiger partial charge on any atom is 0.237 e. The van der Waals surface area contributed by atoms with Gasteiger partial charge in [-0.05, 0) is 45.6 Å². The third kappa shape index (κ3) is 1.17. The molecule has 13 heavy (non-hydrogen) atoms. The molecule has 0 spiro atoms. The van der Waals surface area contributed by atoms with E-state index in [4.69, 9.17) is 5.73 Å². The zero-order valence-corrected chi connectivity index (χ0v) is 8.25. The van der Waals surface area contributed by atoms with Crippen LogP contribution in [0.25, 0.3) is 0 Å². The van der Waals surface area contributed by atoms with Crippen molar-refractivity contribution in [3.63, 3.8) is 0 Å². The van der Waals surface area contributed by atoms with Crippen LogP contribution in [-0.4, -0.2) is 29.4 Å². The second kappa shape index (κ2) is 2.98. The van der Waals surface area contributed by atoms with E-state index in [0.717, 1.165) is 25.7 Å². The molecule has 0 unspecified atom stereocenters. The minimum atomic E-state index is -0.291. The van der Waals surface area contributed by atoms with Crippen LogP contribution in [0.4, 0.5) is 0 Å². The highest BCUT2D eigenvalue weighted by Crippen LogP contribution is 2.40. The minimum absolute atomic E-state index is 0.112. The molecule has 3 nitrogen and oxygen atoms in total. The molecule has 2 aliphatic rings. The Morgan fingerprint density at radius 1 is 1.38 bits per heavy atom. The summed E-state index contributed by atoms with van der Waals surface area (Å²) >= 11 is 0. The first kappa shape index (κ1) is 9.00. The lowest BCUT2D eigenvalue weighted by Crippen LogP contribution is -2.63. The predicted octanol–water partition coefficient (Wildman–Crippen LogP) is 0.879. The van der Waals surface area contributed by atoms with Gasteiger partial charge >= 0.3 is 0 Å². The van der Waals surface area contributed by atoms with Crippen LogP contribution >= 0.6 is 0 Å². The Kier molecular flexibility index (Phi) is 2.06. The van der Waals surface area contributed by atoms with Crippen molar-refractivity contribution in [3.8, 4) is 0 Å². The van der Waals surface area contributed by atoms with Crippen LogP contribution in [0, 0.1) is 0 Å². The molecule has 2 saturated heterocycles. The Hall–Kier alpha value is -0.570. The molecule has 2 heterocycles. The number of likely N-dealkylation sites (N-methyl/N-ethyl adjacent to an activating group) is 1. The number of nitrogens with zero attached hydrogens (tertiary/aromatic N) is 1. The molecule has 0 saturated carbocycles. The number of primary amides is 1. The maximum atomic E-state index is 11.5. The number of rotatable bonds is 1. The molecule has 0 atom stereocenters. The van der Waals surface area contributed by atoms with Gasteiger partial charge in [-0.2, -0.15) is 0 Å². The zero-order chi connectivity index (χ0) is 9.47. The lowest BCUT2D eigenvalue weighted by atomic mass is 9.74. The van der Waals surface area contributed by atoms with Crippen LogP contribution in [0.5, 0.6) is 0 Å². The first-order valence-corrected chi connectivity index (χ1v) is 5.20. The van der Waals surface area contributed by atoms with Gasteiger partial charge in [-0.1, -0.05) is 0 Å². The van der Waals surface area contributed by atoms with Crippen LogP contribution < -0.4 is 5.73 Å². The lowest BCUT2D eigenvalue weighted by Gasteiger charge is -2.51. The number of piperidine rings is 2. The summed E-state index contributed by atoms with van der Waals surface area (Å²) in [5, 5.41) is 0. The van der Waals surface area contributed by atoms with E-state index in [2.05, 4.69) is 11.9 Å². The van der Waals surface area contributed by atoms with E-state index in [1.807, 2.05) is 0 Å². The molecule has 0 aromatic carbocycles. The number of amides is 1. The summed E-state index contributed by atoms with van der Waals surface area (Å²) in [5.74, 6) is -0.112. The number of carbonyl (C=O) groups is 1. The Balaban J connectivity index is 2.28. The average molecular weight is 182 g/mol. The van der Waals surface area contributed by atoms with Gasteiger partial charge in [-0.15, -0.1) is 0 Å². The fraction of sp³-hybridized carbons (Fsp3) is 0.900. The first-order valence-electron chi connectivity index (χ1n) is 5.20. The van der Waals surface area contributed by atoms with Gasteiger partial charge in [0.05, 0.1) is 0 Å². The van der Waals surface area contributed by atoms with Gasteiger partial charge < -0.3 is 5.73 Å². The van der Waals surface area contributed by atoms with Crippen LogP contribution in [0.2, 0.25) is 0 Å². The SMILES string of the molecule is CN1C2CCCC1(C(N)=O)CCC2. The molecule has 0 aromatic heterocycles. The van der Waals surface area contributed by atoms with E-state index in [9.17, 15) is 4.79 Å². The van der Waals surface area contributed by atoms with Crippen molar-refractivity contribution in [2.45, 2.75) is 50.1 Å². The number of nitrogens with two attached hydrogens (primary N) is 1. The van der Waals surface area contributed by atoms with Crippen molar-refractivity contribution >= 4 is 5.91 Å². The van der Waals surface area contributed by atoms with Gasteiger partial charge in [0.1, 0.15) is 5.54 Å². The summed E-state index contributed by atoms with van der Waals surface area (Å²) in [7, 11) is 2.06. The highest BCUT2D eigenvalue weighted by Gasteiger charge is 2.47. The normalized spacial score (nSPS) is 40.2. The van der Waals surface area contributed by atoms with Crippen molar-refractivity contribution in [3.05, 3.63) is 0 Å². The van der Waals surface area contributed by atoms with E-state index in [-0.39, 0.29) is 11.4 Å². The largest absolute Gasteiger partial charge is 0.368 e. The topological polar surface area (TPSA) is 46.3 Å². The Morgan fingerprint density at radius 3 is 2.31 bits per heavy atom. The smallest absolute Gasteiger partial charge is 0.237 e. The molecule has 74 valence electrons. The summed E-state index contributed by atoms with van der Waals surface area (Å²) in [6.07, 6.45) is 6.75. The van der Waals surface area contributed by atoms with Crippen LogP contribution in [-0.2, 0) is 4.79 Å². The fourth-order valence-electron chi connectivity index (χ4n) is 3.04. The molecule has 2 N–H and O–H groups in total. The van der Waals surface area contributed by atoms with Gasteiger partial charge in [-0.25, -0.2) is 0 Å². The van der Waals surface area contributed by atoms with Crippen LogP contribution in [0.15, 0.2) is 0 Å². The van der Waals surface area contributed by atoms with E-state index in [0.29, 0.717) is 6.04 Å². The van der Waals surface area contributed by atoms with Gasteiger partial charge in [0.2, 0.25) is 5.91 Å². The van der Waals surface area contributed by atoms with E-state index < -0.39 is 0 Å². The predicted molar refractivity (Wildman–Crippen MR) is 51.2 cm³/mol. The summed E-state index contributed by atoms with van der Waals surface area (Å²) in [6.45, 7) is 0. The summed E-state index contributed by atoms with van der Waals surface area (Å²) < 4.78 is 0. The molecular weight excluding hydrogens is 164 g/mol. The summed E-state index contributed by atoms with van der Waals surface area (Å²) in [5.41, 5.74) is 5.23. The monoisotopic (exact) mass is 182 g/mol. The molecule has 1 amide bonds. The second-order valence-corrected chi connectivity index (χ2v) is 4.45. The highest BCUT2D eigenvalue weighted by atomic mass is 16.1. The van der Waals surface area contributed by atoms with Crippen molar-refractivity contribution in [2.75, 3.05) is 7.05 Å². The third-order valence-electron chi connectivity index (χ3n) is 3.94. The standard InChI is InChI=1S/C10H18N2O/c1-12-8-4-2-6-10(12,9(11)13)7-3-5-8/h8H,2-7H2,1H3,(H2,11,13). The quantitative estimate of drug-likeness (QED) is 0.654. The van der Waals surface area contributed by atoms with Gasteiger partial charge in [0, 0.05) is 6.04 Å². The maximum absolute atomic E-state index is 11.5. The molecule has 3 heteroatoms. The van der Waals surface area contributed by atoms with Crippen molar-refractivity contribution < 1.29 is 4.79 Å². The average Bonchev–Trinajstić information content (AvgIpc) is 2.03. The molecule has 0 aliphatic carbocycles. The van der Waals surface area contributed by atoms with Crippen molar-refractivity contribution in [1.29, 1.82) is 0 Å². The first-order chi connectivity index (χ1) is 6.17. The lowest BCUT2D eigenvalue weighted by molar-refractivity contribution is -0.137. The molecule has 0 radical (unpaired) electrons. The van der Waals surface area contributed by atoms with Crippen LogP contribution in [0.1, 0.15) is 38.5 Å². The zero-order valence-electron chi connectivity index (χ0n) is 8.25. The molecule has 2 bridgehead atoms. The van der Waals surface area contributed by atoms with Crippen molar-refractivity contribution in [1.82, 2.24) is 4.90 Å². The second-order valence-electron chi connectivity index (χ2n) is 4.45. The van der Waals surface area contributed by atoms with Crippen LogP contribution in [0.3, 0.4) is 0 Å². The Bertz CT molecular complexity index is 217. The van der Waals surface area contributed by atoms with Gasteiger partial charge in [-0.3, -0.25) is 9.69 Å². The number of fused-ring (bicyclic) bond motifs is 2. The minimum Gasteiger partial charge on any atom is -0.368 e. The molecular formula is C10H18N2O. The molecule has 2 aliphatic heterocycles. The number of hydrogen-bond donors (Lipinski definition) is 1. The van der Waals surface area contributed by atoms with E-state index in [1.54, 1.807) is 0 Å².